The van der Waals surface area contributed by atoms with Gasteiger partial charge < -0.3 is 20.9 Å². The molecule has 0 saturated heterocycles. The van der Waals surface area contributed by atoms with Crippen molar-refractivity contribution in [1.82, 2.24) is 9.97 Å². The number of benzene rings is 2. The molecule has 0 atom stereocenters. The summed E-state index contributed by atoms with van der Waals surface area (Å²) in [4.78, 5) is 8.43. The maximum atomic E-state index is 9.34. The molecule has 0 aliphatic rings. The topological polar surface area (TPSA) is 93.3 Å². The molecule has 3 rings (SSSR count). The van der Waals surface area contributed by atoms with E-state index in [0.717, 1.165) is 5.69 Å². The van der Waals surface area contributed by atoms with Crippen molar-refractivity contribution < 1.29 is 9.84 Å². The van der Waals surface area contributed by atoms with Gasteiger partial charge in [0.2, 0.25) is 5.95 Å². The summed E-state index contributed by atoms with van der Waals surface area (Å²) >= 11 is 6.08. The van der Waals surface area contributed by atoms with Crippen molar-refractivity contribution >= 4 is 29.1 Å². The fourth-order valence-corrected chi connectivity index (χ4v) is 2.41. The minimum atomic E-state index is 0.121. The number of nitrogen functional groups attached to an aromatic ring is 1. The number of nitrogens with zero attached hydrogens (tertiary/aromatic N) is 2. The Labute approximate surface area is 143 Å². The zero-order valence-corrected chi connectivity index (χ0v) is 13.6. The third kappa shape index (κ3) is 3.49. The van der Waals surface area contributed by atoms with Gasteiger partial charge in [-0.15, -0.1) is 0 Å². The van der Waals surface area contributed by atoms with E-state index in [0.29, 0.717) is 27.8 Å². The third-order valence-electron chi connectivity index (χ3n) is 3.32. The average Bonchev–Trinajstić information content (AvgIpc) is 2.56. The number of aromatic hydroxyl groups is 1. The largest absolute Gasteiger partial charge is 0.508 e. The highest BCUT2D eigenvalue weighted by Crippen LogP contribution is 2.33. The Morgan fingerprint density at radius 3 is 2.54 bits per heavy atom. The number of nitrogens with one attached hydrogen (secondary N) is 1. The summed E-state index contributed by atoms with van der Waals surface area (Å²) in [5.41, 5.74) is 7.89. The quantitative estimate of drug-likeness (QED) is 0.624. The second-order valence-electron chi connectivity index (χ2n) is 5.01. The van der Waals surface area contributed by atoms with Crippen LogP contribution in [0, 0.1) is 0 Å². The summed E-state index contributed by atoms with van der Waals surface area (Å²) in [5.74, 6) is 1.46. The highest BCUT2D eigenvalue weighted by molar-refractivity contribution is 6.31. The minimum Gasteiger partial charge on any atom is -0.508 e. The summed E-state index contributed by atoms with van der Waals surface area (Å²) in [6.07, 6.45) is 0. The van der Waals surface area contributed by atoms with Crippen LogP contribution in [0.25, 0.3) is 11.3 Å². The molecule has 0 fully saturated rings. The van der Waals surface area contributed by atoms with Gasteiger partial charge in [-0.1, -0.05) is 11.6 Å². The molecule has 0 spiro atoms. The molecule has 0 radical (unpaired) electrons. The molecule has 24 heavy (non-hydrogen) atoms. The summed E-state index contributed by atoms with van der Waals surface area (Å²) in [6, 6.07) is 13.6. The average molecular weight is 343 g/mol. The monoisotopic (exact) mass is 342 g/mol. The van der Waals surface area contributed by atoms with Crippen molar-refractivity contribution in [1.29, 1.82) is 0 Å². The zero-order chi connectivity index (χ0) is 17.1. The first kappa shape index (κ1) is 15.9. The molecule has 0 bridgehead atoms. The molecule has 4 N–H and O–H groups in total. The van der Waals surface area contributed by atoms with Gasteiger partial charge in [-0.05, 0) is 42.5 Å². The zero-order valence-electron chi connectivity index (χ0n) is 12.8. The van der Waals surface area contributed by atoms with Gasteiger partial charge in [-0.25, -0.2) is 4.98 Å². The number of phenols is 1. The summed E-state index contributed by atoms with van der Waals surface area (Å²) in [7, 11) is 1.58. The molecule has 0 amide bonds. The summed E-state index contributed by atoms with van der Waals surface area (Å²) in [6.45, 7) is 0. The Bertz CT molecular complexity index is 869. The lowest BCUT2D eigenvalue weighted by molar-refractivity contribution is 0.416. The maximum Gasteiger partial charge on any atom is 0.222 e. The second-order valence-corrected chi connectivity index (χ2v) is 5.45. The number of phenolic OH excluding ortho intramolecular Hbond substituents is 1. The van der Waals surface area contributed by atoms with Crippen LogP contribution in [0.2, 0.25) is 5.02 Å². The summed E-state index contributed by atoms with van der Waals surface area (Å²) < 4.78 is 5.36. The Morgan fingerprint density at radius 2 is 1.83 bits per heavy atom. The van der Waals surface area contributed by atoms with Crippen molar-refractivity contribution in [3.63, 3.8) is 0 Å². The van der Waals surface area contributed by atoms with Crippen LogP contribution in [0.3, 0.4) is 0 Å². The van der Waals surface area contributed by atoms with Crippen molar-refractivity contribution in [2.45, 2.75) is 0 Å². The molecule has 122 valence electrons. The first-order chi connectivity index (χ1) is 11.5. The van der Waals surface area contributed by atoms with Crippen LogP contribution in [0.15, 0.2) is 48.5 Å². The first-order valence-corrected chi connectivity index (χ1v) is 7.47. The van der Waals surface area contributed by atoms with Crippen molar-refractivity contribution in [3.8, 4) is 22.8 Å². The maximum absolute atomic E-state index is 9.34. The lowest BCUT2D eigenvalue weighted by atomic mass is 10.1. The highest BCUT2D eigenvalue weighted by Gasteiger charge is 2.11. The molecular weight excluding hydrogens is 328 g/mol. The SMILES string of the molecule is COc1ccc(Cl)cc1-c1cc(Nc2ccc(O)cc2)nc(N)n1. The van der Waals surface area contributed by atoms with Crippen LogP contribution in [0.1, 0.15) is 0 Å². The van der Waals surface area contributed by atoms with E-state index in [1.54, 1.807) is 55.6 Å². The molecule has 7 heteroatoms. The van der Waals surface area contributed by atoms with Gasteiger partial charge in [0, 0.05) is 22.3 Å². The van der Waals surface area contributed by atoms with Gasteiger partial charge in [-0.2, -0.15) is 4.98 Å². The number of halogens is 1. The number of hydrogen-bond donors (Lipinski definition) is 3. The number of nitrogens with two attached hydrogens (primary N) is 1. The number of anilines is 3. The van der Waals surface area contributed by atoms with Gasteiger partial charge in [-0.3, -0.25) is 0 Å². The number of ether oxygens (including phenoxy) is 1. The fraction of sp³-hybridized carbons (Fsp3) is 0.0588. The Hall–Kier alpha value is -2.99. The Balaban J connectivity index is 2.00. The van der Waals surface area contributed by atoms with E-state index >= 15 is 0 Å². The standard InChI is InChI=1S/C17H15ClN4O2/c1-24-15-7-2-10(18)8-13(15)14-9-16(22-17(19)21-14)20-11-3-5-12(23)6-4-11/h2-9,23H,1H3,(H3,19,20,21,22). The minimum absolute atomic E-state index is 0.121. The third-order valence-corrected chi connectivity index (χ3v) is 3.56. The van der Waals surface area contributed by atoms with E-state index in [2.05, 4.69) is 15.3 Å². The van der Waals surface area contributed by atoms with Crippen LogP contribution in [0.4, 0.5) is 17.5 Å². The van der Waals surface area contributed by atoms with E-state index in [-0.39, 0.29) is 11.7 Å². The van der Waals surface area contributed by atoms with Gasteiger partial charge in [0.25, 0.3) is 0 Å². The number of methoxy groups -OCH3 is 1. The van der Waals surface area contributed by atoms with Crippen LogP contribution in [-0.4, -0.2) is 22.2 Å². The van der Waals surface area contributed by atoms with Crippen LogP contribution in [-0.2, 0) is 0 Å². The molecular formula is C17H15ClN4O2. The number of aromatic nitrogens is 2. The first-order valence-electron chi connectivity index (χ1n) is 7.09. The van der Waals surface area contributed by atoms with Gasteiger partial charge in [0.1, 0.15) is 17.3 Å². The van der Waals surface area contributed by atoms with E-state index in [1.165, 1.54) is 0 Å². The molecule has 1 aromatic heterocycles. The predicted octanol–water partition coefficient (Wildman–Crippen LogP) is 3.84. The molecule has 0 aliphatic heterocycles. The molecule has 0 saturated carbocycles. The van der Waals surface area contributed by atoms with E-state index in [4.69, 9.17) is 22.1 Å². The highest BCUT2D eigenvalue weighted by atomic mass is 35.5. The Kier molecular flexibility index (Phi) is 4.39. The Morgan fingerprint density at radius 1 is 1.08 bits per heavy atom. The molecule has 1 heterocycles. The number of hydrogen-bond acceptors (Lipinski definition) is 6. The molecule has 2 aromatic carbocycles. The molecule has 3 aromatic rings. The van der Waals surface area contributed by atoms with Gasteiger partial charge >= 0.3 is 0 Å². The van der Waals surface area contributed by atoms with Crippen molar-refractivity contribution in [2.75, 3.05) is 18.2 Å². The van der Waals surface area contributed by atoms with Crippen LogP contribution < -0.4 is 15.8 Å². The number of rotatable bonds is 4. The predicted molar refractivity (Wildman–Crippen MR) is 94.8 cm³/mol. The smallest absolute Gasteiger partial charge is 0.222 e. The molecule has 0 unspecified atom stereocenters. The second kappa shape index (κ2) is 6.64. The van der Waals surface area contributed by atoms with E-state index in [1.807, 2.05) is 0 Å². The normalized spacial score (nSPS) is 10.4. The molecule has 0 aliphatic carbocycles. The van der Waals surface area contributed by atoms with Gasteiger partial charge in [0.05, 0.1) is 12.8 Å². The fourth-order valence-electron chi connectivity index (χ4n) is 2.24. The van der Waals surface area contributed by atoms with Crippen LogP contribution in [0.5, 0.6) is 11.5 Å². The van der Waals surface area contributed by atoms with E-state index in [9.17, 15) is 5.11 Å². The van der Waals surface area contributed by atoms with E-state index < -0.39 is 0 Å². The lowest BCUT2D eigenvalue weighted by Crippen LogP contribution is -2.02. The van der Waals surface area contributed by atoms with Crippen LogP contribution >= 0.6 is 11.6 Å². The lowest BCUT2D eigenvalue weighted by Gasteiger charge is -2.11. The summed E-state index contributed by atoms with van der Waals surface area (Å²) in [5, 5.41) is 13.0. The molecule has 6 nitrogen and oxygen atoms in total. The van der Waals surface area contributed by atoms with Gasteiger partial charge in [0.15, 0.2) is 0 Å². The van der Waals surface area contributed by atoms with Crippen molar-refractivity contribution in [2.24, 2.45) is 0 Å². The van der Waals surface area contributed by atoms with Crippen molar-refractivity contribution in [3.05, 3.63) is 53.6 Å².